The Kier molecular flexibility index (Phi) is 5.85. The van der Waals surface area contributed by atoms with Crippen molar-refractivity contribution < 1.29 is 14.6 Å². The highest BCUT2D eigenvalue weighted by Crippen LogP contribution is 2.20. The molecule has 0 radical (unpaired) electrons. The van der Waals surface area contributed by atoms with Crippen molar-refractivity contribution in [1.82, 2.24) is 10.2 Å². The molecule has 0 unspecified atom stereocenters. The van der Waals surface area contributed by atoms with Crippen LogP contribution in [0.4, 0.5) is 4.79 Å². The molecule has 1 aliphatic rings. The van der Waals surface area contributed by atoms with Gasteiger partial charge in [0.2, 0.25) is 0 Å². The lowest BCUT2D eigenvalue weighted by molar-refractivity contribution is 0.0993. The number of amides is 2. The zero-order chi connectivity index (χ0) is 15.2. The highest BCUT2D eigenvalue weighted by atomic mass is 35.5. The summed E-state index contributed by atoms with van der Waals surface area (Å²) in [5.74, 6) is 0. The van der Waals surface area contributed by atoms with Crippen molar-refractivity contribution in [1.29, 1.82) is 0 Å². The van der Waals surface area contributed by atoms with Gasteiger partial charge in [0.25, 0.3) is 0 Å². The van der Waals surface area contributed by atoms with Crippen LogP contribution in [0.5, 0.6) is 0 Å². The van der Waals surface area contributed by atoms with Crippen molar-refractivity contribution in [2.75, 3.05) is 26.8 Å². The quantitative estimate of drug-likeness (QED) is 0.876. The van der Waals surface area contributed by atoms with E-state index in [1.807, 2.05) is 18.2 Å². The Morgan fingerprint density at radius 1 is 1.62 bits per heavy atom. The van der Waals surface area contributed by atoms with Gasteiger partial charge in [0.1, 0.15) is 0 Å². The van der Waals surface area contributed by atoms with E-state index in [1.165, 1.54) is 0 Å². The smallest absolute Gasteiger partial charge is 0.317 e. The Bertz CT molecular complexity index is 484. The number of methoxy groups -OCH3 is 1. The van der Waals surface area contributed by atoms with Gasteiger partial charge in [0, 0.05) is 25.2 Å². The van der Waals surface area contributed by atoms with Crippen molar-refractivity contribution >= 4 is 17.6 Å². The second-order valence-electron chi connectivity index (χ2n) is 5.14. The third-order valence-electron chi connectivity index (χ3n) is 3.79. The summed E-state index contributed by atoms with van der Waals surface area (Å²) < 4.78 is 5.42. The molecule has 1 aromatic carbocycles. The number of aliphatic hydroxyl groups is 1. The second-order valence-corrected chi connectivity index (χ2v) is 5.57. The summed E-state index contributed by atoms with van der Waals surface area (Å²) in [6.45, 7) is 1.06. The number of urea groups is 1. The average molecular weight is 313 g/mol. The molecule has 0 aromatic heterocycles. The molecule has 1 aromatic rings. The molecule has 2 rings (SSSR count). The third-order valence-corrected chi connectivity index (χ3v) is 4.03. The fourth-order valence-corrected chi connectivity index (χ4v) is 2.82. The Morgan fingerprint density at radius 3 is 3.10 bits per heavy atom. The Hall–Kier alpha value is -1.30. The Balaban J connectivity index is 1.92. The topological polar surface area (TPSA) is 61.8 Å². The first-order chi connectivity index (χ1) is 10.2. The van der Waals surface area contributed by atoms with Gasteiger partial charge in [-0.3, -0.25) is 0 Å². The normalized spacial score (nSPS) is 19.6. The van der Waals surface area contributed by atoms with Crippen LogP contribution in [0, 0.1) is 0 Å². The first-order valence-corrected chi connectivity index (χ1v) is 7.47. The number of nitrogens with one attached hydrogen (secondary N) is 1. The Labute approximate surface area is 129 Å². The van der Waals surface area contributed by atoms with Gasteiger partial charge in [-0.15, -0.1) is 0 Å². The molecule has 21 heavy (non-hydrogen) atoms. The van der Waals surface area contributed by atoms with Crippen molar-refractivity contribution in [2.45, 2.75) is 25.0 Å². The molecule has 2 atom stereocenters. The van der Waals surface area contributed by atoms with Gasteiger partial charge in [0.15, 0.2) is 0 Å². The van der Waals surface area contributed by atoms with Gasteiger partial charge in [-0.1, -0.05) is 23.7 Å². The molecule has 2 N–H and O–H groups in total. The van der Waals surface area contributed by atoms with Gasteiger partial charge in [-0.2, -0.15) is 0 Å². The number of nitrogens with zero attached hydrogens (tertiary/aromatic N) is 1. The number of carbonyl (C=O) groups excluding carboxylic acids is 1. The third kappa shape index (κ3) is 4.09. The molecule has 0 bridgehead atoms. The number of halogens is 1. The summed E-state index contributed by atoms with van der Waals surface area (Å²) in [7, 11) is 1.60. The molecule has 1 aliphatic heterocycles. The molecule has 116 valence electrons. The highest BCUT2D eigenvalue weighted by Gasteiger charge is 2.28. The van der Waals surface area contributed by atoms with Crippen LogP contribution in [0.25, 0.3) is 0 Å². The van der Waals surface area contributed by atoms with Crippen LogP contribution in [0.1, 0.15) is 24.5 Å². The zero-order valence-corrected chi connectivity index (χ0v) is 12.8. The van der Waals surface area contributed by atoms with Crippen molar-refractivity contribution in [3.05, 3.63) is 34.9 Å². The molecule has 6 heteroatoms. The fraction of sp³-hybridized carbons (Fsp3) is 0.533. The van der Waals surface area contributed by atoms with Gasteiger partial charge >= 0.3 is 6.03 Å². The number of rotatable bonds is 5. The molecular weight excluding hydrogens is 292 g/mol. The molecule has 1 fully saturated rings. The zero-order valence-electron chi connectivity index (χ0n) is 12.1. The second kappa shape index (κ2) is 7.64. The van der Waals surface area contributed by atoms with Gasteiger partial charge < -0.3 is 20.1 Å². The van der Waals surface area contributed by atoms with E-state index in [2.05, 4.69) is 5.32 Å². The van der Waals surface area contributed by atoms with E-state index in [0.717, 1.165) is 18.4 Å². The molecule has 2 amide bonds. The van der Waals surface area contributed by atoms with Crippen LogP contribution in [0.3, 0.4) is 0 Å². The molecule has 5 nitrogen and oxygen atoms in total. The van der Waals surface area contributed by atoms with E-state index in [4.69, 9.17) is 16.3 Å². The van der Waals surface area contributed by atoms with E-state index < -0.39 is 0 Å². The molecule has 1 heterocycles. The summed E-state index contributed by atoms with van der Waals surface area (Å²) >= 11 is 5.97. The van der Waals surface area contributed by atoms with E-state index in [-0.39, 0.29) is 24.8 Å². The van der Waals surface area contributed by atoms with Crippen LogP contribution in [0.2, 0.25) is 5.02 Å². The monoisotopic (exact) mass is 312 g/mol. The van der Waals surface area contributed by atoms with Gasteiger partial charge in [0.05, 0.1) is 18.8 Å². The van der Waals surface area contributed by atoms with E-state index >= 15 is 0 Å². The summed E-state index contributed by atoms with van der Waals surface area (Å²) in [6.07, 6.45) is 1.54. The summed E-state index contributed by atoms with van der Waals surface area (Å²) in [5, 5.41) is 12.8. The minimum atomic E-state index is -0.247. The van der Waals surface area contributed by atoms with Crippen LogP contribution >= 0.6 is 11.6 Å². The maximum absolute atomic E-state index is 12.2. The SMILES string of the molecule is CO[C@@H](CNC(=O)N1CCC[C@@H]1CO)c1cccc(Cl)c1. The number of carbonyl (C=O) groups is 1. The molecule has 0 spiro atoms. The minimum absolute atomic E-state index is 0.00934. The molecule has 0 saturated carbocycles. The standard InChI is InChI=1S/C15H21ClN2O3/c1-21-14(11-4-2-5-12(16)8-11)9-17-15(20)18-7-3-6-13(18)10-19/h2,4-5,8,13-14,19H,3,6-7,9-10H2,1H3,(H,17,20)/t13-,14+/m1/s1. The summed E-state index contributed by atoms with van der Waals surface area (Å²) in [4.78, 5) is 13.8. The Morgan fingerprint density at radius 2 is 2.43 bits per heavy atom. The highest BCUT2D eigenvalue weighted by molar-refractivity contribution is 6.30. The molecule has 1 saturated heterocycles. The molecule has 0 aliphatic carbocycles. The van der Waals surface area contributed by atoms with Crippen LogP contribution in [-0.2, 0) is 4.74 Å². The van der Waals surface area contributed by atoms with E-state index in [1.54, 1.807) is 18.1 Å². The molecular formula is C15H21ClN2O3. The number of likely N-dealkylation sites (tertiary alicyclic amines) is 1. The lowest BCUT2D eigenvalue weighted by Crippen LogP contribution is -2.45. The van der Waals surface area contributed by atoms with Crippen molar-refractivity contribution in [3.8, 4) is 0 Å². The van der Waals surface area contributed by atoms with E-state index in [9.17, 15) is 9.90 Å². The number of hydrogen-bond donors (Lipinski definition) is 2. The number of ether oxygens (including phenoxy) is 1. The van der Waals surface area contributed by atoms with Crippen molar-refractivity contribution in [2.24, 2.45) is 0 Å². The van der Waals surface area contributed by atoms with Crippen LogP contribution in [0.15, 0.2) is 24.3 Å². The first kappa shape index (κ1) is 16.1. The maximum atomic E-state index is 12.2. The number of benzene rings is 1. The first-order valence-electron chi connectivity index (χ1n) is 7.09. The summed E-state index contributed by atoms with van der Waals surface area (Å²) in [5.41, 5.74) is 0.922. The lowest BCUT2D eigenvalue weighted by atomic mass is 10.1. The number of hydrogen-bond acceptors (Lipinski definition) is 3. The minimum Gasteiger partial charge on any atom is -0.394 e. The van der Waals surface area contributed by atoms with Gasteiger partial charge in [-0.25, -0.2) is 4.79 Å². The largest absolute Gasteiger partial charge is 0.394 e. The van der Waals surface area contributed by atoms with E-state index in [0.29, 0.717) is 18.1 Å². The lowest BCUT2D eigenvalue weighted by Gasteiger charge is -2.25. The maximum Gasteiger partial charge on any atom is 0.317 e. The van der Waals surface area contributed by atoms with Crippen molar-refractivity contribution in [3.63, 3.8) is 0 Å². The summed E-state index contributed by atoms with van der Waals surface area (Å²) in [6, 6.07) is 7.17. The van der Waals surface area contributed by atoms with Crippen LogP contribution < -0.4 is 5.32 Å². The van der Waals surface area contributed by atoms with Crippen LogP contribution in [-0.4, -0.2) is 48.9 Å². The predicted octanol–water partition coefficient (Wildman–Crippen LogP) is 2.19. The average Bonchev–Trinajstić information content (AvgIpc) is 2.96. The fourth-order valence-electron chi connectivity index (χ4n) is 2.62. The predicted molar refractivity (Wildman–Crippen MR) is 81.4 cm³/mol. The van der Waals surface area contributed by atoms with Gasteiger partial charge in [-0.05, 0) is 30.5 Å². The number of aliphatic hydroxyl groups excluding tert-OH is 1.